The molecule has 3 heterocycles. The van der Waals surface area contributed by atoms with Crippen molar-refractivity contribution in [3.63, 3.8) is 0 Å². The molecule has 0 amide bonds. The monoisotopic (exact) mass is 583 g/mol. The third-order valence-electron chi connectivity index (χ3n) is 7.28. The molecule has 12 nitrogen and oxygen atoms in total. The second-order valence-electron chi connectivity index (χ2n) is 9.78. The fourth-order valence-electron chi connectivity index (χ4n) is 5.18. The average molecular weight is 584 g/mol. The molecule has 14 heteroatoms. The summed E-state index contributed by atoms with van der Waals surface area (Å²) in [6, 6.07) is 18.5. The first kappa shape index (κ1) is 26.9. The molecule has 210 valence electrons. The Morgan fingerprint density at radius 3 is 2.27 bits per heavy atom. The lowest BCUT2D eigenvalue weighted by Crippen LogP contribution is -2.51. The quantitative estimate of drug-likeness (QED) is 0.158. The normalized spacial score (nSPS) is 16.9. The maximum absolute atomic E-state index is 13.5. The van der Waals surface area contributed by atoms with E-state index in [4.69, 9.17) is 9.88 Å². The highest BCUT2D eigenvalue weighted by Crippen LogP contribution is 2.40. The molecule has 6 rings (SSSR count). The number of primary sulfonamides is 1. The number of nitrogens with one attached hydrogen (secondary N) is 6. The Morgan fingerprint density at radius 1 is 0.925 bits per heavy atom. The van der Waals surface area contributed by atoms with E-state index in [-0.39, 0.29) is 23.5 Å². The Hall–Kier alpha value is -3.34. The summed E-state index contributed by atoms with van der Waals surface area (Å²) >= 11 is 0. The van der Waals surface area contributed by atoms with E-state index in [0.717, 1.165) is 33.5 Å². The highest BCUT2D eigenvalue weighted by atomic mass is 32.2. The van der Waals surface area contributed by atoms with Crippen LogP contribution in [0.3, 0.4) is 0 Å². The van der Waals surface area contributed by atoms with E-state index in [1.54, 1.807) is 13.2 Å². The Labute approximate surface area is 231 Å². The van der Waals surface area contributed by atoms with E-state index < -0.39 is 36.2 Å². The number of fused-ring (bicyclic) bond motifs is 1. The minimum Gasteiger partial charge on any atom is -0.497 e. The number of ether oxygens (including phenoxy) is 1. The van der Waals surface area contributed by atoms with Crippen LogP contribution in [0.1, 0.15) is 23.0 Å². The predicted molar refractivity (Wildman–Crippen MR) is 150 cm³/mol. The minimum atomic E-state index is -4.48. The summed E-state index contributed by atoms with van der Waals surface area (Å²) in [4.78, 5) is 2.71. The van der Waals surface area contributed by atoms with Gasteiger partial charge in [-0.1, -0.05) is 30.3 Å². The Bertz CT molecular complexity index is 1800. The summed E-state index contributed by atoms with van der Waals surface area (Å²) in [5.41, 5.74) is 15.5. The molecular formula is C26H29N7O5S2. The Morgan fingerprint density at radius 2 is 1.65 bits per heavy atom. The van der Waals surface area contributed by atoms with Gasteiger partial charge in [-0.3, -0.25) is 0 Å². The SMILES string of the molecule is COc1ccc(Cc2cc3c(-c4ccc(S(=O)(=O)C5CNC5)c(S(N)(=O)=O)c4C4NNNN4)cccc3[nH]2)cc1. The molecular weight excluding hydrogens is 554 g/mol. The van der Waals surface area contributed by atoms with Gasteiger partial charge in [-0.2, -0.15) is 11.1 Å². The fourth-order valence-corrected chi connectivity index (χ4v) is 8.42. The van der Waals surface area contributed by atoms with Gasteiger partial charge in [0.25, 0.3) is 0 Å². The zero-order chi connectivity index (χ0) is 28.1. The van der Waals surface area contributed by atoms with Crippen molar-refractivity contribution in [1.82, 2.24) is 32.2 Å². The van der Waals surface area contributed by atoms with Crippen molar-refractivity contribution in [2.75, 3.05) is 20.2 Å². The average Bonchev–Trinajstić information content (AvgIpc) is 3.56. The van der Waals surface area contributed by atoms with Crippen LogP contribution in [0.2, 0.25) is 0 Å². The van der Waals surface area contributed by atoms with Crippen molar-refractivity contribution >= 4 is 30.8 Å². The number of hydrogen-bond donors (Lipinski definition) is 7. The molecule has 2 fully saturated rings. The van der Waals surface area contributed by atoms with Crippen molar-refractivity contribution in [1.29, 1.82) is 0 Å². The van der Waals surface area contributed by atoms with E-state index in [1.807, 2.05) is 48.5 Å². The topological polar surface area (TPSA) is 179 Å². The third-order valence-corrected chi connectivity index (χ3v) is 10.6. The zero-order valence-electron chi connectivity index (χ0n) is 21.5. The number of methoxy groups -OCH3 is 1. The van der Waals surface area contributed by atoms with Crippen molar-refractivity contribution in [2.45, 2.75) is 27.6 Å². The summed E-state index contributed by atoms with van der Waals surface area (Å²) in [7, 11) is -6.83. The first-order valence-electron chi connectivity index (χ1n) is 12.6. The van der Waals surface area contributed by atoms with Crippen molar-refractivity contribution in [2.24, 2.45) is 5.14 Å². The third kappa shape index (κ3) is 4.78. The van der Waals surface area contributed by atoms with Gasteiger partial charge >= 0.3 is 0 Å². The number of hydrogen-bond acceptors (Lipinski definition) is 10. The highest BCUT2D eigenvalue weighted by molar-refractivity contribution is 7.94. The van der Waals surface area contributed by atoms with Gasteiger partial charge in [0.1, 0.15) is 16.8 Å². The van der Waals surface area contributed by atoms with Crippen LogP contribution in [-0.2, 0) is 26.3 Å². The van der Waals surface area contributed by atoms with Gasteiger partial charge in [0.2, 0.25) is 10.0 Å². The number of aromatic amines is 1. The number of rotatable bonds is 8. The molecule has 40 heavy (non-hydrogen) atoms. The standard InChI is InChI=1S/C26H29N7O5S2/c1-38-17-7-5-15(6-8-17)11-16-12-21-19(3-2-4-22(21)29-16)20-9-10-23(39(34,35)18-13-28-14-18)25(40(27,36)37)24(20)26-30-32-33-31-26/h2-10,12,18,26,28-33H,11,13-14H2,1H3,(H2,27,36,37). The minimum absolute atomic E-state index is 0.193. The number of nitrogens with two attached hydrogens (primary N) is 1. The number of benzene rings is 3. The number of sulfonamides is 1. The van der Waals surface area contributed by atoms with Gasteiger partial charge in [0, 0.05) is 41.7 Å². The molecule has 0 aliphatic carbocycles. The lowest BCUT2D eigenvalue weighted by molar-refractivity contribution is 0.414. The van der Waals surface area contributed by atoms with Crippen molar-refractivity contribution in [3.05, 3.63) is 77.5 Å². The van der Waals surface area contributed by atoms with Crippen LogP contribution in [0.15, 0.2) is 70.5 Å². The molecule has 0 spiro atoms. The molecule has 0 unspecified atom stereocenters. The summed E-state index contributed by atoms with van der Waals surface area (Å²) in [5.74, 6) is 0.776. The molecule has 2 aliphatic rings. The molecule has 0 radical (unpaired) electrons. The molecule has 2 aliphatic heterocycles. The van der Waals surface area contributed by atoms with E-state index in [9.17, 15) is 16.8 Å². The van der Waals surface area contributed by atoms with Gasteiger partial charge in [-0.25, -0.2) is 32.8 Å². The summed E-state index contributed by atoms with van der Waals surface area (Å²) in [6.45, 7) is 0.484. The molecule has 4 aromatic rings. The lowest BCUT2D eigenvalue weighted by atomic mass is 9.95. The van der Waals surface area contributed by atoms with Crippen LogP contribution in [0.5, 0.6) is 5.75 Å². The number of H-pyrrole nitrogens is 1. The number of aromatic nitrogens is 1. The lowest BCUT2D eigenvalue weighted by Gasteiger charge is -2.29. The molecule has 8 N–H and O–H groups in total. The maximum Gasteiger partial charge on any atom is 0.239 e. The van der Waals surface area contributed by atoms with E-state index in [1.165, 1.54) is 6.07 Å². The van der Waals surface area contributed by atoms with Gasteiger partial charge in [0.15, 0.2) is 9.84 Å². The van der Waals surface area contributed by atoms with Crippen LogP contribution >= 0.6 is 0 Å². The highest BCUT2D eigenvalue weighted by Gasteiger charge is 2.39. The molecule has 0 bridgehead atoms. The van der Waals surface area contributed by atoms with Crippen LogP contribution in [-0.4, -0.2) is 47.3 Å². The van der Waals surface area contributed by atoms with Gasteiger partial charge in [-0.05, 0) is 47.0 Å². The number of sulfone groups is 1. The number of hydrazine groups is 3. The molecule has 1 aromatic heterocycles. The van der Waals surface area contributed by atoms with Gasteiger partial charge < -0.3 is 15.0 Å². The molecule has 0 atom stereocenters. The van der Waals surface area contributed by atoms with E-state index >= 15 is 0 Å². The zero-order valence-corrected chi connectivity index (χ0v) is 23.1. The first-order chi connectivity index (χ1) is 19.2. The van der Waals surface area contributed by atoms with Gasteiger partial charge in [-0.15, -0.1) is 0 Å². The molecule has 2 saturated heterocycles. The smallest absolute Gasteiger partial charge is 0.239 e. The first-order valence-corrected chi connectivity index (χ1v) is 15.7. The Balaban J connectivity index is 1.53. The second kappa shape index (κ2) is 10.2. The largest absolute Gasteiger partial charge is 0.497 e. The van der Waals surface area contributed by atoms with E-state index in [2.05, 4.69) is 32.2 Å². The van der Waals surface area contributed by atoms with E-state index in [0.29, 0.717) is 12.0 Å². The van der Waals surface area contributed by atoms with Gasteiger partial charge in [0.05, 0.1) is 17.3 Å². The van der Waals surface area contributed by atoms with Crippen LogP contribution in [0, 0.1) is 0 Å². The molecule has 0 saturated carbocycles. The maximum atomic E-state index is 13.5. The summed E-state index contributed by atoms with van der Waals surface area (Å²) in [6.07, 6.45) is -0.175. The van der Waals surface area contributed by atoms with Crippen LogP contribution < -0.4 is 37.1 Å². The predicted octanol–water partition coefficient (Wildman–Crippen LogP) is 0.943. The van der Waals surface area contributed by atoms with Crippen LogP contribution in [0.25, 0.3) is 22.0 Å². The Kier molecular flexibility index (Phi) is 6.88. The fraction of sp³-hybridized carbons (Fsp3) is 0.231. The summed E-state index contributed by atoms with van der Waals surface area (Å²) < 4.78 is 58.4. The second-order valence-corrected chi connectivity index (χ2v) is 13.5. The van der Waals surface area contributed by atoms with Crippen LogP contribution in [0.4, 0.5) is 0 Å². The summed E-state index contributed by atoms with van der Waals surface area (Å²) in [5, 5.41) is 8.78. The van der Waals surface area contributed by atoms with Crippen molar-refractivity contribution in [3.8, 4) is 16.9 Å². The molecule has 3 aromatic carbocycles. The van der Waals surface area contributed by atoms with Crippen molar-refractivity contribution < 1.29 is 21.6 Å².